The molecular weight excluding hydrogens is 359 g/mol. The van der Waals surface area contributed by atoms with Crippen molar-refractivity contribution < 1.29 is 18.4 Å². The van der Waals surface area contributed by atoms with Crippen LogP contribution in [0.1, 0.15) is 41.9 Å². The van der Waals surface area contributed by atoms with E-state index in [1.165, 1.54) is 6.07 Å². The van der Waals surface area contributed by atoms with Gasteiger partial charge in [0.1, 0.15) is 0 Å². The van der Waals surface area contributed by atoms with Gasteiger partial charge in [0, 0.05) is 18.2 Å². The van der Waals surface area contributed by atoms with Crippen LogP contribution in [0.4, 0.5) is 4.39 Å². The van der Waals surface area contributed by atoms with Crippen molar-refractivity contribution in [2.75, 3.05) is 13.2 Å². The number of likely N-dealkylation sites (tertiary alicyclic amines) is 1. The summed E-state index contributed by atoms with van der Waals surface area (Å²) in [6, 6.07) is 16.1. The zero-order valence-corrected chi connectivity index (χ0v) is 15.6. The maximum Gasteiger partial charge on any atom is 0.276 e. The highest BCUT2D eigenvalue weighted by Gasteiger charge is 2.32. The Balaban J connectivity index is 1.55. The average Bonchev–Trinajstić information content (AvgIpc) is 3.40. The van der Waals surface area contributed by atoms with E-state index in [0.717, 1.165) is 18.4 Å². The Morgan fingerprint density at radius 3 is 2.82 bits per heavy atom. The van der Waals surface area contributed by atoms with E-state index in [2.05, 4.69) is 5.16 Å². The smallest absolute Gasteiger partial charge is 0.276 e. The highest BCUT2D eigenvalue weighted by Crippen LogP contribution is 2.33. The van der Waals surface area contributed by atoms with Gasteiger partial charge in [0.05, 0.1) is 12.6 Å². The van der Waals surface area contributed by atoms with Gasteiger partial charge < -0.3 is 14.2 Å². The summed E-state index contributed by atoms with van der Waals surface area (Å²) in [6.45, 7) is 2.86. The number of hydrogen-bond acceptors (Lipinski definition) is 4. The molecule has 5 nitrogen and oxygen atoms in total. The van der Waals surface area contributed by atoms with Gasteiger partial charge in [-0.25, -0.2) is 4.39 Å². The molecule has 144 valence electrons. The number of hydrogen-bond donors (Lipinski definition) is 0. The lowest BCUT2D eigenvalue weighted by Gasteiger charge is -2.24. The van der Waals surface area contributed by atoms with Crippen LogP contribution >= 0.6 is 0 Å². The van der Waals surface area contributed by atoms with Crippen LogP contribution in [0.5, 0.6) is 5.75 Å². The molecule has 1 atom stereocenters. The summed E-state index contributed by atoms with van der Waals surface area (Å²) in [5, 5.41) is 3.93. The van der Waals surface area contributed by atoms with Crippen molar-refractivity contribution in [3.05, 3.63) is 71.7 Å². The number of carbonyl (C=O) groups excluding carboxylic acids is 1. The molecule has 1 aromatic heterocycles. The number of ether oxygens (including phenoxy) is 1. The third-order valence-corrected chi connectivity index (χ3v) is 4.94. The van der Waals surface area contributed by atoms with Crippen molar-refractivity contribution in [2.24, 2.45) is 0 Å². The summed E-state index contributed by atoms with van der Waals surface area (Å²) in [4.78, 5) is 14.8. The molecule has 1 aliphatic heterocycles. The molecule has 0 bridgehead atoms. The van der Waals surface area contributed by atoms with Gasteiger partial charge in [-0.15, -0.1) is 0 Å². The number of aromatic nitrogens is 1. The first-order chi connectivity index (χ1) is 13.7. The summed E-state index contributed by atoms with van der Waals surface area (Å²) in [5.41, 5.74) is 1.85. The minimum atomic E-state index is -0.479. The van der Waals surface area contributed by atoms with Gasteiger partial charge in [-0.2, -0.15) is 0 Å². The zero-order valence-electron chi connectivity index (χ0n) is 15.6. The van der Waals surface area contributed by atoms with Crippen LogP contribution in [-0.2, 0) is 0 Å². The van der Waals surface area contributed by atoms with Crippen LogP contribution in [-0.4, -0.2) is 29.1 Å². The Hall–Kier alpha value is -3.15. The van der Waals surface area contributed by atoms with Gasteiger partial charge in [-0.3, -0.25) is 4.79 Å². The van der Waals surface area contributed by atoms with Crippen molar-refractivity contribution in [3.8, 4) is 17.1 Å². The second-order valence-corrected chi connectivity index (χ2v) is 6.72. The topological polar surface area (TPSA) is 55.6 Å². The normalized spacial score (nSPS) is 16.4. The number of nitrogens with zero attached hydrogens (tertiary/aromatic N) is 2. The summed E-state index contributed by atoms with van der Waals surface area (Å²) in [6.07, 6.45) is 1.87. The van der Waals surface area contributed by atoms with Crippen LogP contribution in [0.2, 0.25) is 0 Å². The van der Waals surface area contributed by atoms with E-state index < -0.39 is 5.82 Å². The van der Waals surface area contributed by atoms with Gasteiger partial charge >= 0.3 is 0 Å². The van der Waals surface area contributed by atoms with Crippen molar-refractivity contribution in [1.29, 1.82) is 0 Å². The molecule has 6 heteroatoms. The fraction of sp³-hybridized carbons (Fsp3) is 0.273. The lowest BCUT2D eigenvalue weighted by Crippen LogP contribution is -2.30. The van der Waals surface area contributed by atoms with Crippen LogP contribution in [0.15, 0.2) is 59.1 Å². The summed E-state index contributed by atoms with van der Waals surface area (Å²) in [7, 11) is 0. The average molecular weight is 380 g/mol. The lowest BCUT2D eigenvalue weighted by molar-refractivity contribution is 0.0725. The third kappa shape index (κ3) is 3.50. The third-order valence-electron chi connectivity index (χ3n) is 4.94. The molecule has 0 N–H and O–H groups in total. The first-order valence-corrected chi connectivity index (χ1v) is 9.42. The molecule has 3 aromatic rings. The lowest BCUT2D eigenvalue weighted by atomic mass is 10.0. The van der Waals surface area contributed by atoms with Gasteiger partial charge in [0.25, 0.3) is 5.91 Å². The molecule has 1 amide bonds. The molecule has 4 rings (SSSR count). The first-order valence-electron chi connectivity index (χ1n) is 9.42. The molecule has 1 saturated heterocycles. The van der Waals surface area contributed by atoms with Crippen LogP contribution in [0.3, 0.4) is 0 Å². The Labute approximate surface area is 162 Å². The van der Waals surface area contributed by atoms with E-state index in [4.69, 9.17) is 9.26 Å². The molecule has 2 heterocycles. The summed E-state index contributed by atoms with van der Waals surface area (Å²) < 4.78 is 24.6. The Morgan fingerprint density at radius 1 is 1.25 bits per heavy atom. The molecule has 28 heavy (non-hydrogen) atoms. The molecular formula is C22H21FN2O3. The second-order valence-electron chi connectivity index (χ2n) is 6.72. The Morgan fingerprint density at radius 2 is 2.07 bits per heavy atom. The quantitative estimate of drug-likeness (QED) is 0.634. The molecule has 0 saturated carbocycles. The minimum Gasteiger partial charge on any atom is -0.491 e. The molecule has 1 fully saturated rings. The summed E-state index contributed by atoms with van der Waals surface area (Å²) in [5.74, 6) is -0.120. The van der Waals surface area contributed by atoms with E-state index in [-0.39, 0.29) is 23.4 Å². The number of halogens is 1. The SMILES string of the molecule is CCOc1ccc(-c2cc(C(=O)N3CCC[C@H]3c3ccccc3)no2)cc1F. The van der Waals surface area contributed by atoms with E-state index >= 15 is 0 Å². The van der Waals surface area contributed by atoms with Gasteiger partial charge in [-0.1, -0.05) is 35.5 Å². The first kappa shape index (κ1) is 18.2. The monoisotopic (exact) mass is 380 g/mol. The maximum atomic E-state index is 14.1. The maximum absolute atomic E-state index is 14.1. The van der Waals surface area contributed by atoms with E-state index in [0.29, 0.717) is 24.5 Å². The van der Waals surface area contributed by atoms with Crippen LogP contribution in [0.25, 0.3) is 11.3 Å². The number of amides is 1. The molecule has 0 spiro atoms. The predicted octanol–water partition coefficient (Wildman–Crippen LogP) is 4.86. The highest BCUT2D eigenvalue weighted by molar-refractivity contribution is 5.93. The molecule has 1 aliphatic rings. The van der Waals surface area contributed by atoms with Gasteiger partial charge in [-0.05, 0) is 43.5 Å². The van der Waals surface area contributed by atoms with E-state index in [1.807, 2.05) is 35.2 Å². The molecule has 0 unspecified atom stereocenters. The van der Waals surface area contributed by atoms with Crippen LogP contribution in [0, 0.1) is 5.82 Å². The fourth-order valence-electron chi connectivity index (χ4n) is 3.62. The zero-order chi connectivity index (χ0) is 19.5. The number of benzene rings is 2. The van der Waals surface area contributed by atoms with Crippen molar-refractivity contribution >= 4 is 5.91 Å². The van der Waals surface area contributed by atoms with E-state index in [1.54, 1.807) is 25.1 Å². The van der Waals surface area contributed by atoms with Gasteiger partial charge in [0.2, 0.25) is 0 Å². The number of rotatable bonds is 5. The Kier molecular flexibility index (Phi) is 5.10. The van der Waals surface area contributed by atoms with Crippen molar-refractivity contribution in [3.63, 3.8) is 0 Å². The standard InChI is InChI=1S/C22H21FN2O3/c1-2-27-20-11-10-16(13-17(20)23)21-14-18(24-28-21)22(26)25-12-6-9-19(25)15-7-4-3-5-8-15/h3-5,7-8,10-11,13-14,19H,2,6,9,12H2,1H3/t19-/m0/s1. The van der Waals surface area contributed by atoms with Crippen molar-refractivity contribution in [1.82, 2.24) is 10.1 Å². The molecule has 0 radical (unpaired) electrons. The van der Waals surface area contributed by atoms with E-state index in [9.17, 15) is 9.18 Å². The molecule has 2 aromatic carbocycles. The predicted molar refractivity (Wildman–Crippen MR) is 103 cm³/mol. The van der Waals surface area contributed by atoms with Crippen LogP contribution < -0.4 is 4.74 Å². The largest absolute Gasteiger partial charge is 0.491 e. The second kappa shape index (κ2) is 7.84. The Bertz CT molecular complexity index is 971. The highest BCUT2D eigenvalue weighted by atomic mass is 19.1. The van der Waals surface area contributed by atoms with Gasteiger partial charge in [0.15, 0.2) is 23.0 Å². The number of carbonyl (C=O) groups is 1. The van der Waals surface area contributed by atoms with Crippen molar-refractivity contribution in [2.45, 2.75) is 25.8 Å². The minimum absolute atomic E-state index is 0.0387. The summed E-state index contributed by atoms with van der Waals surface area (Å²) >= 11 is 0. The fourth-order valence-corrected chi connectivity index (χ4v) is 3.62. The molecule has 0 aliphatic carbocycles.